The molecule has 1 aliphatic rings. The van der Waals surface area contributed by atoms with Gasteiger partial charge >= 0.3 is 0 Å². The maximum Gasteiger partial charge on any atom is 0.117 e. The van der Waals surface area contributed by atoms with Crippen LogP contribution in [-0.2, 0) is 0 Å². The molecule has 0 amide bonds. The molecule has 0 aromatic carbocycles. The van der Waals surface area contributed by atoms with Crippen molar-refractivity contribution < 1.29 is 0 Å². The van der Waals surface area contributed by atoms with Crippen LogP contribution in [0.2, 0.25) is 0 Å². The first-order valence-electron chi connectivity index (χ1n) is 4.12. The Balaban J connectivity index is 2.88. The Labute approximate surface area is 68.1 Å². The van der Waals surface area contributed by atoms with E-state index in [1.807, 2.05) is 7.05 Å². The lowest BCUT2D eigenvalue weighted by Crippen LogP contribution is -2.23. The van der Waals surface area contributed by atoms with E-state index in [-0.39, 0.29) is 0 Å². The maximum atomic E-state index is 8.81. The quantitative estimate of drug-likeness (QED) is 0.570. The zero-order valence-electron chi connectivity index (χ0n) is 7.22. The summed E-state index contributed by atoms with van der Waals surface area (Å²) in [5.74, 6) is 0. The summed E-state index contributed by atoms with van der Waals surface area (Å²) in [6, 6.07) is 2.26. The Morgan fingerprint density at radius 2 is 2.36 bits per heavy atom. The predicted molar refractivity (Wildman–Crippen MR) is 44.8 cm³/mol. The van der Waals surface area contributed by atoms with Crippen LogP contribution >= 0.6 is 0 Å². The summed E-state index contributed by atoms with van der Waals surface area (Å²) in [7, 11) is 1.99. The van der Waals surface area contributed by atoms with Gasteiger partial charge in [0.2, 0.25) is 0 Å². The molecule has 11 heavy (non-hydrogen) atoms. The first-order valence-corrected chi connectivity index (χ1v) is 4.12. The lowest BCUT2D eigenvalue weighted by molar-refractivity contribution is 0.390. The normalized spacial score (nSPS) is 18.5. The van der Waals surface area contributed by atoms with E-state index >= 15 is 0 Å². The summed E-state index contributed by atoms with van der Waals surface area (Å²) in [5.41, 5.74) is 2.22. The van der Waals surface area contributed by atoms with Crippen LogP contribution in [0.3, 0.4) is 0 Å². The molecule has 1 aliphatic heterocycles. The molecule has 60 valence electrons. The van der Waals surface area contributed by atoms with E-state index in [0.717, 1.165) is 25.1 Å². The van der Waals surface area contributed by atoms with E-state index in [1.165, 1.54) is 12.0 Å². The first kappa shape index (κ1) is 8.13. The molecule has 1 rings (SSSR count). The molecule has 0 saturated heterocycles. The van der Waals surface area contributed by atoms with Crippen LogP contribution in [0.25, 0.3) is 0 Å². The second kappa shape index (κ2) is 3.43. The van der Waals surface area contributed by atoms with Crippen LogP contribution in [-0.4, -0.2) is 18.5 Å². The highest BCUT2D eigenvalue weighted by Gasteiger charge is 2.14. The van der Waals surface area contributed by atoms with Gasteiger partial charge in [-0.15, -0.1) is 0 Å². The van der Waals surface area contributed by atoms with Crippen LogP contribution < -0.4 is 0 Å². The summed E-state index contributed by atoms with van der Waals surface area (Å²) >= 11 is 0. The van der Waals surface area contributed by atoms with Gasteiger partial charge in [0, 0.05) is 13.6 Å². The number of rotatable bonds is 1. The van der Waals surface area contributed by atoms with E-state index in [1.54, 1.807) is 0 Å². The van der Waals surface area contributed by atoms with E-state index in [2.05, 4.69) is 17.9 Å². The fourth-order valence-corrected chi connectivity index (χ4v) is 1.54. The summed E-state index contributed by atoms with van der Waals surface area (Å²) in [4.78, 5) is 2.06. The molecule has 0 N–H and O–H groups in total. The minimum atomic E-state index is 0.902. The highest BCUT2D eigenvalue weighted by atomic mass is 15.1. The van der Waals surface area contributed by atoms with Gasteiger partial charge in [0.25, 0.3) is 0 Å². The Kier molecular flexibility index (Phi) is 2.53. The van der Waals surface area contributed by atoms with Crippen molar-refractivity contribution in [3.05, 3.63) is 11.3 Å². The van der Waals surface area contributed by atoms with Gasteiger partial charge in [-0.05, 0) is 24.8 Å². The van der Waals surface area contributed by atoms with Crippen molar-refractivity contribution in [2.45, 2.75) is 26.2 Å². The number of hydrogen-bond acceptors (Lipinski definition) is 2. The van der Waals surface area contributed by atoms with Gasteiger partial charge in [0.1, 0.15) is 11.8 Å². The van der Waals surface area contributed by atoms with Crippen molar-refractivity contribution in [3.8, 4) is 6.07 Å². The minimum Gasteiger partial charge on any atom is -0.366 e. The largest absolute Gasteiger partial charge is 0.366 e. The fourth-order valence-electron chi connectivity index (χ4n) is 1.54. The van der Waals surface area contributed by atoms with Crippen molar-refractivity contribution in [2.75, 3.05) is 13.6 Å². The van der Waals surface area contributed by atoms with Crippen molar-refractivity contribution in [2.24, 2.45) is 0 Å². The molecular formula is C9H14N2. The average Bonchev–Trinajstić information content (AvgIpc) is 2.04. The first-order chi connectivity index (χ1) is 5.29. The molecule has 0 atom stereocenters. The Morgan fingerprint density at radius 3 is 2.82 bits per heavy atom. The second-order valence-electron chi connectivity index (χ2n) is 2.94. The van der Waals surface area contributed by atoms with Gasteiger partial charge in [-0.3, -0.25) is 0 Å². The molecule has 0 aliphatic carbocycles. The van der Waals surface area contributed by atoms with Gasteiger partial charge in [0.05, 0.1) is 0 Å². The van der Waals surface area contributed by atoms with Crippen LogP contribution in [0.15, 0.2) is 11.3 Å². The zero-order valence-corrected chi connectivity index (χ0v) is 7.22. The monoisotopic (exact) mass is 150 g/mol. The minimum absolute atomic E-state index is 0.902. The topological polar surface area (TPSA) is 27.0 Å². The van der Waals surface area contributed by atoms with Crippen molar-refractivity contribution in [1.82, 2.24) is 4.90 Å². The third kappa shape index (κ3) is 1.54. The molecule has 0 bridgehead atoms. The van der Waals surface area contributed by atoms with Crippen molar-refractivity contribution in [1.29, 1.82) is 5.26 Å². The summed E-state index contributed by atoms with van der Waals surface area (Å²) < 4.78 is 0. The fraction of sp³-hybridized carbons (Fsp3) is 0.667. The third-order valence-corrected chi connectivity index (χ3v) is 2.22. The van der Waals surface area contributed by atoms with Crippen LogP contribution in [0.4, 0.5) is 0 Å². The van der Waals surface area contributed by atoms with Gasteiger partial charge in [-0.2, -0.15) is 5.26 Å². The summed E-state index contributed by atoms with van der Waals surface area (Å²) in [6.07, 6.45) is 3.34. The summed E-state index contributed by atoms with van der Waals surface area (Å²) in [5, 5.41) is 8.81. The van der Waals surface area contributed by atoms with E-state index < -0.39 is 0 Å². The standard InChI is InChI=1S/C9H14N2/c1-3-8-5-4-6-11(2)9(8)7-10/h3-6H2,1-2H3. The molecule has 0 unspecified atom stereocenters. The number of nitrogens with zero attached hydrogens (tertiary/aromatic N) is 2. The molecular weight excluding hydrogens is 136 g/mol. The molecule has 0 fully saturated rings. The predicted octanol–water partition coefficient (Wildman–Crippen LogP) is 1.90. The molecule has 2 nitrogen and oxygen atoms in total. The van der Waals surface area contributed by atoms with Gasteiger partial charge < -0.3 is 4.90 Å². The van der Waals surface area contributed by atoms with Gasteiger partial charge in [-0.1, -0.05) is 6.92 Å². The molecule has 2 heteroatoms. The molecule has 0 saturated carbocycles. The van der Waals surface area contributed by atoms with Gasteiger partial charge in [-0.25, -0.2) is 0 Å². The van der Waals surface area contributed by atoms with E-state index in [9.17, 15) is 0 Å². The molecule has 0 aromatic rings. The van der Waals surface area contributed by atoms with Crippen LogP contribution in [0, 0.1) is 11.3 Å². The Bertz CT molecular complexity index is 210. The van der Waals surface area contributed by atoms with Crippen LogP contribution in [0.5, 0.6) is 0 Å². The highest BCUT2D eigenvalue weighted by Crippen LogP contribution is 2.22. The summed E-state index contributed by atoms with van der Waals surface area (Å²) in [6.45, 7) is 3.15. The number of hydrogen-bond donors (Lipinski definition) is 0. The highest BCUT2D eigenvalue weighted by molar-refractivity contribution is 5.28. The molecule has 0 spiro atoms. The lowest BCUT2D eigenvalue weighted by atomic mass is 10.0. The number of allylic oxidation sites excluding steroid dienone is 2. The molecule has 1 heterocycles. The van der Waals surface area contributed by atoms with E-state index in [4.69, 9.17) is 5.26 Å². The van der Waals surface area contributed by atoms with E-state index in [0.29, 0.717) is 0 Å². The zero-order chi connectivity index (χ0) is 8.27. The van der Waals surface area contributed by atoms with Crippen molar-refractivity contribution in [3.63, 3.8) is 0 Å². The van der Waals surface area contributed by atoms with Crippen LogP contribution in [0.1, 0.15) is 26.2 Å². The molecule has 0 aromatic heterocycles. The lowest BCUT2D eigenvalue weighted by Gasteiger charge is -2.25. The Morgan fingerprint density at radius 1 is 1.64 bits per heavy atom. The maximum absolute atomic E-state index is 8.81. The third-order valence-electron chi connectivity index (χ3n) is 2.22. The Hall–Kier alpha value is -0.970. The SMILES string of the molecule is CCC1=C(C#N)N(C)CCC1. The number of nitriles is 1. The smallest absolute Gasteiger partial charge is 0.117 e. The molecule has 0 radical (unpaired) electrons. The van der Waals surface area contributed by atoms with Crippen molar-refractivity contribution >= 4 is 0 Å². The van der Waals surface area contributed by atoms with Gasteiger partial charge in [0.15, 0.2) is 0 Å². The average molecular weight is 150 g/mol. The second-order valence-corrected chi connectivity index (χ2v) is 2.94.